The minimum atomic E-state index is -5.97. The van der Waals surface area contributed by atoms with Gasteiger partial charge in [-0.2, -0.15) is 0 Å². The molecule has 81 heavy (non-hydrogen) atoms. The Labute approximate surface area is 475 Å². The molecule has 0 aromatic heterocycles. The fourth-order valence-corrected chi connectivity index (χ4v) is 13.4. The van der Waals surface area contributed by atoms with E-state index in [1.54, 1.807) is 30.3 Å². The fourth-order valence-electron chi connectivity index (χ4n) is 9.41. The number of anilines is 2. The first-order valence-corrected chi connectivity index (χ1v) is 30.4. The summed E-state index contributed by atoms with van der Waals surface area (Å²) in [5.74, 6) is -8.66. The van der Waals surface area contributed by atoms with Crippen LogP contribution in [0.2, 0.25) is 0 Å². The molecule has 0 spiro atoms. The Kier molecular flexibility index (Phi) is 20.3. The molecule has 0 radical (unpaired) electrons. The molecule has 0 atom stereocenters. The Morgan fingerprint density at radius 2 is 1.25 bits per heavy atom. The zero-order valence-corrected chi connectivity index (χ0v) is 48.8. The lowest BCUT2D eigenvalue weighted by molar-refractivity contribution is -0.137. The summed E-state index contributed by atoms with van der Waals surface area (Å²) in [5.41, 5.74) is 7.73. The maximum atomic E-state index is 15.8. The van der Waals surface area contributed by atoms with Crippen molar-refractivity contribution < 1.29 is 57.9 Å². The third-order valence-electron chi connectivity index (χ3n) is 12.6. The molecule has 0 saturated carbocycles. The Balaban J connectivity index is 1.32. The highest BCUT2D eigenvalue weighted by Gasteiger charge is 2.37. The van der Waals surface area contributed by atoms with Crippen molar-refractivity contribution in [2.45, 2.75) is 95.8 Å². The molecule has 1 aliphatic carbocycles. The van der Waals surface area contributed by atoms with E-state index < -0.39 is 82.4 Å². The van der Waals surface area contributed by atoms with Crippen LogP contribution < -0.4 is 20.1 Å². The minimum absolute atomic E-state index is 0.0588. The van der Waals surface area contributed by atoms with Gasteiger partial charge in [0.25, 0.3) is 20.0 Å². The van der Waals surface area contributed by atoms with Crippen LogP contribution in [0.4, 0.5) is 39.4 Å². The highest BCUT2D eigenvalue weighted by molar-refractivity contribution is 8.04. The molecule has 1 heterocycles. The molecule has 5 aromatic carbocycles. The molecule has 13 nitrogen and oxygen atoms in total. The van der Waals surface area contributed by atoms with Gasteiger partial charge in [-0.15, -0.1) is 15.9 Å². The quantitative estimate of drug-likeness (QED) is 0.00996. The van der Waals surface area contributed by atoms with Gasteiger partial charge in [0.2, 0.25) is 0 Å². The van der Waals surface area contributed by atoms with Gasteiger partial charge < -0.3 is 24.5 Å². The van der Waals surface area contributed by atoms with Crippen LogP contribution in [0.5, 0.6) is 0 Å². The minimum Gasteiger partial charge on any atom is -0.461 e. The third-order valence-corrected chi connectivity index (χ3v) is 17.2. The Bertz CT molecular complexity index is 3670. The van der Waals surface area contributed by atoms with Gasteiger partial charge in [-0.3, -0.25) is 0 Å². The number of para-hydroxylation sites is 2. The van der Waals surface area contributed by atoms with E-state index in [1.165, 1.54) is 22.3 Å². The molecule has 2 aliphatic rings. The average molecular weight is 1170 g/mol. The van der Waals surface area contributed by atoms with Crippen molar-refractivity contribution in [1.29, 1.82) is 0 Å². The lowest BCUT2D eigenvalue weighted by Gasteiger charge is -2.21. The summed E-state index contributed by atoms with van der Waals surface area (Å²) in [6.07, 6.45) is 3.04. The molecule has 430 valence electrons. The van der Waals surface area contributed by atoms with Gasteiger partial charge >= 0.3 is 12.1 Å². The van der Waals surface area contributed by atoms with Crippen molar-refractivity contribution in [3.05, 3.63) is 161 Å². The summed E-state index contributed by atoms with van der Waals surface area (Å²) in [6.45, 7) is 19.5. The van der Waals surface area contributed by atoms with E-state index in [2.05, 4.69) is 103 Å². The van der Waals surface area contributed by atoms with Crippen molar-refractivity contribution in [2.75, 3.05) is 30.8 Å². The third kappa shape index (κ3) is 15.1. The lowest BCUT2D eigenvalue weighted by atomic mass is 9.93. The number of carbonyl (C=O) groups is 2. The Morgan fingerprint density at radius 1 is 0.667 bits per heavy atom. The number of alkyl carbamates (subject to hydrolysis) is 1. The largest absolute Gasteiger partial charge is 0.461 e. The number of hydrogen-bond acceptors (Lipinski definition) is 12. The molecule has 0 fully saturated rings. The number of nitrogens with one attached hydrogen (secondary N) is 3. The number of rotatable bonds is 24. The second-order valence-corrected chi connectivity index (χ2v) is 25.8. The Hall–Kier alpha value is -7.00. The zero-order valence-electron chi connectivity index (χ0n) is 46.3. The number of carbonyl (C=O) groups excluding carboxylic acids is 2. The van der Waals surface area contributed by atoms with E-state index in [0.29, 0.717) is 51.2 Å². The second kappa shape index (κ2) is 26.7. The van der Waals surface area contributed by atoms with Gasteiger partial charge in [-0.25, -0.2) is 49.0 Å². The van der Waals surface area contributed by atoms with Crippen LogP contribution in [0.15, 0.2) is 134 Å². The van der Waals surface area contributed by atoms with Crippen LogP contribution >= 0.6 is 11.8 Å². The van der Waals surface area contributed by atoms with Crippen LogP contribution in [-0.2, 0) is 60.0 Å². The zero-order chi connectivity index (χ0) is 58.9. The maximum absolute atomic E-state index is 15.8. The number of thioether (sulfide) groups is 1. The van der Waals surface area contributed by atoms with Crippen LogP contribution in [0.25, 0.3) is 33.4 Å². The second-order valence-electron chi connectivity index (χ2n) is 21.2. The number of amides is 1. The molecule has 1 aliphatic heterocycles. The van der Waals surface area contributed by atoms with Gasteiger partial charge in [0.05, 0.1) is 27.4 Å². The van der Waals surface area contributed by atoms with Crippen LogP contribution in [0, 0.1) is 46.9 Å². The summed E-state index contributed by atoms with van der Waals surface area (Å²) in [6, 6.07) is 28.4. The van der Waals surface area contributed by atoms with E-state index in [1.807, 2.05) is 12.1 Å². The van der Waals surface area contributed by atoms with E-state index >= 15 is 17.6 Å². The molecule has 0 saturated heterocycles. The van der Waals surface area contributed by atoms with E-state index in [9.17, 15) is 26.4 Å². The number of ether oxygens (including phenoxy) is 2. The van der Waals surface area contributed by atoms with Gasteiger partial charge in [0.15, 0.2) is 28.2 Å². The molecule has 7 rings (SSSR count). The smallest absolute Gasteiger partial charge is 0.407 e. The van der Waals surface area contributed by atoms with Gasteiger partial charge in [-0.05, 0) is 102 Å². The summed E-state index contributed by atoms with van der Waals surface area (Å²) < 4.78 is 138. The van der Waals surface area contributed by atoms with E-state index in [-0.39, 0.29) is 41.8 Å². The predicted molar refractivity (Wildman–Crippen MR) is 309 cm³/mol. The first-order valence-electron chi connectivity index (χ1n) is 26.5. The highest BCUT2D eigenvalue weighted by Crippen LogP contribution is 2.44. The van der Waals surface area contributed by atoms with Gasteiger partial charge in [0, 0.05) is 57.4 Å². The van der Waals surface area contributed by atoms with Crippen molar-refractivity contribution in [2.24, 2.45) is 28.7 Å². The molecular formula is C61H66F4N4O9S3. The number of esters is 1. The highest BCUT2D eigenvalue weighted by atomic mass is 32.3. The van der Waals surface area contributed by atoms with Crippen molar-refractivity contribution in [1.82, 2.24) is 9.44 Å². The monoisotopic (exact) mass is 1170 g/mol. The summed E-state index contributed by atoms with van der Waals surface area (Å²) >= 11 is 0.155. The molecule has 20 heteroatoms. The predicted octanol–water partition coefficient (Wildman–Crippen LogP) is 13.7. The fraction of sp³-hybridized carbons (Fsp3) is 0.328. The van der Waals surface area contributed by atoms with Crippen molar-refractivity contribution >= 4 is 71.9 Å². The van der Waals surface area contributed by atoms with Crippen molar-refractivity contribution in [3.8, 4) is 22.5 Å². The summed E-state index contributed by atoms with van der Waals surface area (Å²) in [4.78, 5) is 24.2. The molecular weight excluding hydrogens is 1100 g/mol. The number of fused-ring (bicyclic) bond motifs is 2. The van der Waals surface area contributed by atoms with Crippen LogP contribution in [0.1, 0.15) is 77.6 Å². The SMILES string of the molecule is C=CC(=O)OCCNC(=O)OCCSc1c(F)c(F)c(S(=O)(=O)NS(=O)(=O)c2ccccc2-c2c3ccc(=Nc4c(CC(C)C)cccc4CC(C)C)cc-3oc3cc(Nc4c(CC(C)C)cccc4CC(C)C)ccc23)c(F)c1F. The molecule has 0 unspecified atom stereocenters. The first kappa shape index (κ1) is 61.6. The number of hydrogen-bond donors (Lipinski definition) is 3. The Morgan fingerprint density at radius 3 is 1.84 bits per heavy atom. The van der Waals surface area contributed by atoms with Crippen LogP contribution in [0.3, 0.4) is 0 Å². The molecule has 3 N–H and O–H groups in total. The topological polar surface area (TPSA) is 182 Å². The average Bonchev–Trinajstić information content (AvgIpc) is 3.60. The van der Waals surface area contributed by atoms with Gasteiger partial charge in [0.1, 0.15) is 24.6 Å². The first-order chi connectivity index (χ1) is 38.4. The summed E-state index contributed by atoms with van der Waals surface area (Å²) in [5, 5.41) is 6.84. The van der Waals surface area contributed by atoms with E-state index in [0.717, 1.165) is 71.5 Å². The maximum Gasteiger partial charge on any atom is 0.407 e. The lowest BCUT2D eigenvalue weighted by Crippen LogP contribution is -2.33. The molecule has 0 bridgehead atoms. The van der Waals surface area contributed by atoms with Crippen molar-refractivity contribution in [3.63, 3.8) is 0 Å². The number of nitrogens with zero attached hydrogens (tertiary/aromatic N) is 1. The van der Waals surface area contributed by atoms with E-state index in [4.69, 9.17) is 18.9 Å². The molecule has 5 aromatic rings. The molecule has 1 amide bonds. The number of sulfonamides is 2. The van der Waals surface area contributed by atoms with Crippen LogP contribution in [-0.4, -0.2) is 54.4 Å². The standard InChI is InChI=1S/C61H66F4N4O9S3/c1-10-51(70)76-26-25-66-61(71)77-27-28-79-59-53(62)55(64)60(56(65)54(59)63)81(74,75)69-80(72,73)50-20-12-11-19-47(50)52-45-23-21-43(67-57-39(29-35(2)3)15-13-16-40(57)30-36(4)5)33-48(45)78-49-34-44(22-24-46(49)52)68-58-41(31-37(6)7)17-14-18-42(58)32-38(8)9/h10-24,33-38,67,69H,1,25-32H2,2-9H3,(H,66,71). The van der Waals surface area contributed by atoms with Gasteiger partial charge in [-0.1, -0.05) is 117 Å². The number of benzene rings is 6. The normalized spacial score (nSPS) is 12.3. The summed E-state index contributed by atoms with van der Waals surface area (Å²) in [7, 11) is -11.4. The number of halogens is 4.